The third-order valence-electron chi connectivity index (χ3n) is 5.87. The molecule has 2 aromatic carbocycles. The molecule has 1 fully saturated rings. The smallest absolute Gasteiger partial charge is 0.259 e. The van der Waals surface area contributed by atoms with Crippen molar-refractivity contribution in [3.05, 3.63) is 82.5 Å². The zero-order valence-corrected chi connectivity index (χ0v) is 18.5. The lowest BCUT2D eigenvalue weighted by molar-refractivity contribution is 0.0630. The standard InChI is InChI=1S/C25H23ClN4O2/c1-17-23-21(15-22(27-24(23)32-28-17)19-7-3-2-4-8-19)25(31)30-12-10-29(11-13-30)16-18-6-5-9-20(26)14-18/h2-9,14-15H,10-13,16H2,1H3. The molecule has 32 heavy (non-hydrogen) atoms. The van der Waals surface area contributed by atoms with Crippen LogP contribution in [0.5, 0.6) is 0 Å². The molecule has 1 saturated heterocycles. The van der Waals surface area contributed by atoms with Crippen LogP contribution in [-0.4, -0.2) is 52.0 Å². The van der Waals surface area contributed by atoms with Gasteiger partial charge in [-0.05, 0) is 30.7 Å². The summed E-state index contributed by atoms with van der Waals surface area (Å²) in [5.41, 5.74) is 4.49. The van der Waals surface area contributed by atoms with E-state index < -0.39 is 0 Å². The van der Waals surface area contributed by atoms with Gasteiger partial charge in [0.15, 0.2) is 0 Å². The summed E-state index contributed by atoms with van der Waals surface area (Å²) in [6.45, 7) is 5.60. The average molecular weight is 447 g/mol. The molecule has 0 spiro atoms. The minimum Gasteiger partial charge on any atom is -0.336 e. The van der Waals surface area contributed by atoms with Crippen molar-refractivity contribution in [3.63, 3.8) is 0 Å². The van der Waals surface area contributed by atoms with Gasteiger partial charge < -0.3 is 9.42 Å². The highest BCUT2D eigenvalue weighted by Crippen LogP contribution is 2.28. The highest BCUT2D eigenvalue weighted by Gasteiger charge is 2.26. The van der Waals surface area contributed by atoms with E-state index in [0.29, 0.717) is 41.1 Å². The van der Waals surface area contributed by atoms with Gasteiger partial charge in [0.05, 0.1) is 22.3 Å². The normalized spacial score (nSPS) is 14.8. The molecule has 2 aromatic heterocycles. The molecule has 0 atom stereocenters. The van der Waals surface area contributed by atoms with Crippen molar-refractivity contribution in [2.45, 2.75) is 13.5 Å². The maximum absolute atomic E-state index is 13.5. The lowest BCUT2D eigenvalue weighted by atomic mass is 10.0. The highest BCUT2D eigenvalue weighted by molar-refractivity contribution is 6.30. The number of carbonyl (C=O) groups excluding carboxylic acids is 1. The Morgan fingerprint density at radius 3 is 2.56 bits per heavy atom. The average Bonchev–Trinajstić information content (AvgIpc) is 3.20. The van der Waals surface area contributed by atoms with Crippen molar-refractivity contribution in [3.8, 4) is 11.3 Å². The van der Waals surface area contributed by atoms with E-state index in [1.807, 2.05) is 66.4 Å². The van der Waals surface area contributed by atoms with Gasteiger partial charge >= 0.3 is 0 Å². The van der Waals surface area contributed by atoms with Crippen LogP contribution in [0.15, 0.2) is 65.2 Å². The Morgan fingerprint density at radius 1 is 1.03 bits per heavy atom. The van der Waals surface area contributed by atoms with Gasteiger partial charge in [-0.2, -0.15) is 0 Å². The summed E-state index contributed by atoms with van der Waals surface area (Å²) in [7, 11) is 0. The molecular weight excluding hydrogens is 424 g/mol. The summed E-state index contributed by atoms with van der Waals surface area (Å²) >= 11 is 6.11. The van der Waals surface area contributed by atoms with E-state index in [1.54, 1.807) is 0 Å². The third kappa shape index (κ3) is 4.11. The Labute approximate surface area is 191 Å². The number of pyridine rings is 1. The first-order valence-electron chi connectivity index (χ1n) is 10.7. The van der Waals surface area contributed by atoms with Crippen LogP contribution in [-0.2, 0) is 6.54 Å². The molecule has 0 unspecified atom stereocenters. The van der Waals surface area contributed by atoms with Crippen LogP contribution >= 0.6 is 11.6 Å². The number of carbonyl (C=O) groups is 1. The van der Waals surface area contributed by atoms with E-state index in [1.165, 1.54) is 5.56 Å². The summed E-state index contributed by atoms with van der Waals surface area (Å²) in [4.78, 5) is 22.4. The summed E-state index contributed by atoms with van der Waals surface area (Å²) < 4.78 is 5.43. The highest BCUT2D eigenvalue weighted by atomic mass is 35.5. The first-order chi connectivity index (χ1) is 15.6. The SMILES string of the molecule is Cc1noc2nc(-c3ccccc3)cc(C(=O)N3CCN(Cc4cccc(Cl)c4)CC3)c12. The van der Waals surface area contributed by atoms with Crippen LogP contribution < -0.4 is 0 Å². The molecule has 0 saturated carbocycles. The van der Waals surface area contributed by atoms with Crippen molar-refractivity contribution in [1.29, 1.82) is 0 Å². The van der Waals surface area contributed by atoms with Crippen LogP contribution in [0.2, 0.25) is 5.02 Å². The van der Waals surface area contributed by atoms with Gasteiger partial charge in [-0.25, -0.2) is 4.98 Å². The third-order valence-corrected chi connectivity index (χ3v) is 6.11. The minimum absolute atomic E-state index is 0.0108. The van der Waals surface area contributed by atoms with Gasteiger partial charge in [-0.15, -0.1) is 0 Å². The number of piperazine rings is 1. The largest absolute Gasteiger partial charge is 0.336 e. The maximum atomic E-state index is 13.5. The quantitative estimate of drug-likeness (QED) is 0.450. The van der Waals surface area contributed by atoms with Crippen molar-refractivity contribution in [1.82, 2.24) is 19.9 Å². The van der Waals surface area contributed by atoms with Gasteiger partial charge in [0.2, 0.25) is 0 Å². The maximum Gasteiger partial charge on any atom is 0.259 e. The van der Waals surface area contributed by atoms with Crippen LogP contribution in [0.25, 0.3) is 22.4 Å². The number of hydrogen-bond acceptors (Lipinski definition) is 5. The van der Waals surface area contributed by atoms with E-state index in [4.69, 9.17) is 16.1 Å². The molecule has 1 aliphatic heterocycles. The predicted molar refractivity (Wildman–Crippen MR) is 125 cm³/mol. The van der Waals surface area contributed by atoms with Gasteiger partial charge in [0.1, 0.15) is 0 Å². The Bertz CT molecular complexity index is 1260. The molecule has 3 heterocycles. The Kier molecular flexibility index (Phi) is 5.64. The van der Waals surface area contributed by atoms with Crippen molar-refractivity contribution in [2.75, 3.05) is 26.2 Å². The molecule has 7 heteroatoms. The second kappa shape index (κ2) is 8.73. The second-order valence-electron chi connectivity index (χ2n) is 8.07. The minimum atomic E-state index is -0.0108. The monoisotopic (exact) mass is 446 g/mol. The van der Waals surface area contributed by atoms with E-state index in [0.717, 1.165) is 30.2 Å². The molecule has 162 valence electrons. The first kappa shape index (κ1) is 20.7. The number of aryl methyl sites for hydroxylation is 1. The van der Waals surface area contributed by atoms with Crippen LogP contribution in [0.4, 0.5) is 0 Å². The topological polar surface area (TPSA) is 62.5 Å². The number of benzene rings is 2. The number of amides is 1. The van der Waals surface area contributed by atoms with Gasteiger partial charge in [-0.1, -0.05) is 59.2 Å². The molecule has 4 aromatic rings. The zero-order chi connectivity index (χ0) is 22.1. The number of aromatic nitrogens is 2. The number of nitrogens with zero attached hydrogens (tertiary/aromatic N) is 4. The Balaban J connectivity index is 1.37. The van der Waals surface area contributed by atoms with Crippen LogP contribution in [0.3, 0.4) is 0 Å². The van der Waals surface area contributed by atoms with Gasteiger partial charge in [0.25, 0.3) is 11.6 Å². The molecular formula is C25H23ClN4O2. The molecule has 0 radical (unpaired) electrons. The van der Waals surface area contributed by atoms with Gasteiger partial charge in [0, 0.05) is 43.3 Å². The Hall–Kier alpha value is -3.22. The summed E-state index contributed by atoms with van der Waals surface area (Å²) in [6, 6.07) is 19.6. The number of hydrogen-bond donors (Lipinski definition) is 0. The summed E-state index contributed by atoms with van der Waals surface area (Å²) in [6.07, 6.45) is 0. The summed E-state index contributed by atoms with van der Waals surface area (Å²) in [5.74, 6) is -0.0108. The fourth-order valence-electron chi connectivity index (χ4n) is 4.19. The second-order valence-corrected chi connectivity index (χ2v) is 8.50. The zero-order valence-electron chi connectivity index (χ0n) is 17.8. The number of rotatable bonds is 4. The van der Waals surface area contributed by atoms with Crippen molar-refractivity contribution >= 4 is 28.6 Å². The molecule has 0 N–H and O–H groups in total. The fourth-order valence-corrected chi connectivity index (χ4v) is 4.41. The molecule has 6 nitrogen and oxygen atoms in total. The molecule has 1 aliphatic rings. The van der Waals surface area contributed by atoms with E-state index in [9.17, 15) is 4.79 Å². The molecule has 1 amide bonds. The lowest BCUT2D eigenvalue weighted by Gasteiger charge is -2.35. The first-order valence-corrected chi connectivity index (χ1v) is 11.0. The number of fused-ring (bicyclic) bond motifs is 1. The fraction of sp³-hybridized carbons (Fsp3) is 0.240. The molecule has 0 bridgehead atoms. The van der Waals surface area contributed by atoms with E-state index >= 15 is 0 Å². The number of halogens is 1. The van der Waals surface area contributed by atoms with Crippen LogP contribution in [0.1, 0.15) is 21.6 Å². The summed E-state index contributed by atoms with van der Waals surface area (Å²) in [5, 5.41) is 5.49. The van der Waals surface area contributed by atoms with E-state index in [-0.39, 0.29) is 5.91 Å². The van der Waals surface area contributed by atoms with Gasteiger partial charge in [-0.3, -0.25) is 9.69 Å². The predicted octanol–water partition coefficient (Wildman–Crippen LogP) is 4.81. The van der Waals surface area contributed by atoms with E-state index in [2.05, 4.69) is 21.1 Å². The molecule has 5 rings (SSSR count). The lowest BCUT2D eigenvalue weighted by Crippen LogP contribution is -2.48. The van der Waals surface area contributed by atoms with Crippen LogP contribution in [0, 0.1) is 6.92 Å². The van der Waals surface area contributed by atoms with Crippen molar-refractivity contribution in [2.24, 2.45) is 0 Å². The molecule has 0 aliphatic carbocycles. The van der Waals surface area contributed by atoms with Crippen molar-refractivity contribution < 1.29 is 9.32 Å². The Morgan fingerprint density at radius 2 is 1.81 bits per heavy atom.